The van der Waals surface area contributed by atoms with Crippen molar-refractivity contribution >= 4 is 23.6 Å². The maximum atomic E-state index is 12.3. The molecule has 1 aromatic rings. The van der Waals surface area contributed by atoms with Gasteiger partial charge in [-0.15, -0.1) is 0 Å². The number of benzene rings is 1. The van der Waals surface area contributed by atoms with Crippen molar-refractivity contribution in [3.63, 3.8) is 0 Å². The molecule has 1 fully saturated rings. The highest BCUT2D eigenvalue weighted by molar-refractivity contribution is 5.98. The summed E-state index contributed by atoms with van der Waals surface area (Å²) in [4.78, 5) is 46.7. The maximum Gasteiger partial charge on any atom is 0.345 e. The number of nitro benzene ring substituents is 1. The average Bonchev–Trinajstić information content (AvgIpc) is 2.72. The first kappa shape index (κ1) is 21.3. The molecule has 3 rings (SSSR count). The molecule has 1 aliphatic carbocycles. The SMILES string of the molecule is CC1CCCCC1NC(=O)NC(=O)COC(=O)c1cc2c(cc1[N+](=O)[O-])OCCO2. The molecule has 2 aliphatic rings. The Morgan fingerprint density at radius 2 is 1.83 bits per heavy atom. The van der Waals surface area contributed by atoms with Crippen LogP contribution in [0.15, 0.2) is 12.1 Å². The molecule has 3 amide bonds. The van der Waals surface area contributed by atoms with Crippen LogP contribution < -0.4 is 20.1 Å². The van der Waals surface area contributed by atoms with Crippen molar-refractivity contribution in [3.05, 3.63) is 27.8 Å². The van der Waals surface area contributed by atoms with Crippen LogP contribution in [0.1, 0.15) is 43.0 Å². The van der Waals surface area contributed by atoms with Crippen molar-refractivity contribution in [2.45, 2.75) is 38.6 Å². The Balaban J connectivity index is 1.56. The van der Waals surface area contributed by atoms with E-state index in [9.17, 15) is 24.5 Å². The minimum absolute atomic E-state index is 0.0190. The Morgan fingerprint density at radius 3 is 2.50 bits per heavy atom. The largest absolute Gasteiger partial charge is 0.486 e. The van der Waals surface area contributed by atoms with Crippen molar-refractivity contribution < 1.29 is 33.5 Å². The summed E-state index contributed by atoms with van der Waals surface area (Å²) in [6, 6.07) is 1.53. The lowest BCUT2D eigenvalue weighted by Crippen LogP contribution is -2.48. The number of urea groups is 1. The lowest BCUT2D eigenvalue weighted by molar-refractivity contribution is -0.385. The van der Waals surface area contributed by atoms with Gasteiger partial charge in [0.2, 0.25) is 0 Å². The molecule has 0 radical (unpaired) electrons. The van der Waals surface area contributed by atoms with Crippen molar-refractivity contribution in [2.75, 3.05) is 19.8 Å². The number of carbonyl (C=O) groups excluding carboxylic acids is 3. The second kappa shape index (κ2) is 9.42. The number of carbonyl (C=O) groups is 3. The summed E-state index contributed by atoms with van der Waals surface area (Å²) in [5.74, 6) is -1.30. The van der Waals surface area contributed by atoms with E-state index >= 15 is 0 Å². The number of hydrogen-bond donors (Lipinski definition) is 2. The highest BCUT2D eigenvalue weighted by Gasteiger charge is 2.28. The molecule has 0 saturated heterocycles. The van der Waals surface area contributed by atoms with E-state index in [1.165, 1.54) is 0 Å². The molecular formula is C19H23N3O8. The number of imide groups is 1. The predicted octanol–water partition coefficient (Wildman–Crippen LogP) is 1.93. The third kappa shape index (κ3) is 5.16. The molecule has 2 atom stereocenters. The van der Waals surface area contributed by atoms with Crippen LogP contribution in [0.2, 0.25) is 0 Å². The van der Waals surface area contributed by atoms with Gasteiger partial charge in [-0.1, -0.05) is 19.8 Å². The minimum Gasteiger partial charge on any atom is -0.486 e. The Labute approximate surface area is 172 Å². The van der Waals surface area contributed by atoms with E-state index in [1.54, 1.807) is 0 Å². The second-order valence-electron chi connectivity index (χ2n) is 7.24. The van der Waals surface area contributed by atoms with Gasteiger partial charge in [0, 0.05) is 12.1 Å². The third-order valence-electron chi connectivity index (χ3n) is 5.09. The molecule has 1 heterocycles. The van der Waals surface area contributed by atoms with Crippen LogP contribution in [0.5, 0.6) is 11.5 Å². The van der Waals surface area contributed by atoms with Crippen LogP contribution >= 0.6 is 0 Å². The van der Waals surface area contributed by atoms with Crippen molar-refractivity contribution in [3.8, 4) is 11.5 Å². The molecular weight excluding hydrogens is 398 g/mol. The molecule has 30 heavy (non-hydrogen) atoms. The first-order chi connectivity index (χ1) is 14.3. The fraction of sp³-hybridized carbons (Fsp3) is 0.526. The van der Waals surface area contributed by atoms with Crippen LogP contribution in [0.25, 0.3) is 0 Å². The van der Waals surface area contributed by atoms with E-state index in [2.05, 4.69) is 10.6 Å². The number of esters is 1. The summed E-state index contributed by atoms with van der Waals surface area (Å²) in [7, 11) is 0. The summed E-state index contributed by atoms with van der Waals surface area (Å²) in [5, 5.41) is 16.1. The topological polar surface area (TPSA) is 146 Å². The summed E-state index contributed by atoms with van der Waals surface area (Å²) in [6.45, 7) is 1.73. The van der Waals surface area contributed by atoms with Crippen molar-refractivity contribution in [1.29, 1.82) is 0 Å². The average molecular weight is 421 g/mol. The van der Waals surface area contributed by atoms with E-state index < -0.39 is 35.1 Å². The molecule has 162 valence electrons. The van der Waals surface area contributed by atoms with Gasteiger partial charge in [-0.3, -0.25) is 20.2 Å². The molecule has 11 nitrogen and oxygen atoms in total. The molecule has 1 saturated carbocycles. The zero-order valence-electron chi connectivity index (χ0n) is 16.5. The van der Waals surface area contributed by atoms with Crippen LogP contribution in [0.3, 0.4) is 0 Å². The van der Waals surface area contributed by atoms with Crippen LogP contribution in [0, 0.1) is 16.0 Å². The minimum atomic E-state index is -1.09. The predicted molar refractivity (Wildman–Crippen MR) is 102 cm³/mol. The first-order valence-electron chi connectivity index (χ1n) is 9.70. The highest BCUT2D eigenvalue weighted by Crippen LogP contribution is 2.36. The summed E-state index contributed by atoms with van der Waals surface area (Å²) >= 11 is 0. The van der Waals surface area contributed by atoms with Crippen LogP contribution in [0.4, 0.5) is 10.5 Å². The zero-order valence-corrected chi connectivity index (χ0v) is 16.5. The normalized spacial score (nSPS) is 20.0. The summed E-state index contributed by atoms with van der Waals surface area (Å²) in [6.07, 6.45) is 3.97. The third-order valence-corrected chi connectivity index (χ3v) is 5.09. The molecule has 0 bridgehead atoms. The zero-order chi connectivity index (χ0) is 21.7. The molecule has 1 aromatic carbocycles. The van der Waals surface area contributed by atoms with Gasteiger partial charge in [0.15, 0.2) is 18.1 Å². The van der Waals surface area contributed by atoms with E-state index in [4.69, 9.17) is 14.2 Å². The van der Waals surface area contributed by atoms with Crippen molar-refractivity contribution in [2.24, 2.45) is 5.92 Å². The number of fused-ring (bicyclic) bond motifs is 1. The van der Waals surface area contributed by atoms with Gasteiger partial charge in [0.1, 0.15) is 18.8 Å². The second-order valence-corrected chi connectivity index (χ2v) is 7.24. The van der Waals surface area contributed by atoms with Crippen LogP contribution in [-0.4, -0.2) is 48.7 Å². The van der Waals surface area contributed by atoms with E-state index in [-0.39, 0.29) is 36.3 Å². The monoisotopic (exact) mass is 421 g/mol. The Bertz CT molecular complexity index is 856. The van der Waals surface area contributed by atoms with Gasteiger partial charge in [-0.25, -0.2) is 9.59 Å². The van der Waals surface area contributed by atoms with Crippen LogP contribution in [-0.2, 0) is 9.53 Å². The smallest absolute Gasteiger partial charge is 0.345 e. The number of nitro groups is 1. The molecule has 0 spiro atoms. The highest BCUT2D eigenvalue weighted by atomic mass is 16.6. The Hall–Kier alpha value is -3.37. The van der Waals surface area contributed by atoms with Gasteiger partial charge in [-0.2, -0.15) is 0 Å². The standard InChI is InChI=1S/C19H23N3O8/c1-11-4-2-3-5-13(11)20-19(25)21-17(23)10-30-18(24)12-8-15-16(29-7-6-28-15)9-14(12)22(26)27/h8-9,11,13H,2-7,10H2,1H3,(H2,20,21,23,25). The molecule has 2 N–H and O–H groups in total. The summed E-state index contributed by atoms with van der Waals surface area (Å²) < 4.78 is 15.4. The van der Waals surface area contributed by atoms with Gasteiger partial charge < -0.3 is 19.5 Å². The quantitative estimate of drug-likeness (QED) is 0.416. The Kier molecular flexibility index (Phi) is 6.70. The van der Waals surface area contributed by atoms with E-state index in [1.807, 2.05) is 6.92 Å². The maximum absolute atomic E-state index is 12.3. The van der Waals surface area contributed by atoms with Gasteiger partial charge >= 0.3 is 12.0 Å². The van der Waals surface area contributed by atoms with Crippen molar-refractivity contribution in [1.82, 2.24) is 10.6 Å². The van der Waals surface area contributed by atoms with Gasteiger partial charge in [0.05, 0.1) is 11.0 Å². The fourth-order valence-corrected chi connectivity index (χ4v) is 3.50. The van der Waals surface area contributed by atoms with E-state index in [0.29, 0.717) is 5.92 Å². The lowest BCUT2D eigenvalue weighted by Gasteiger charge is -2.29. The molecule has 0 aromatic heterocycles. The van der Waals surface area contributed by atoms with E-state index in [0.717, 1.165) is 37.8 Å². The number of nitrogens with zero attached hydrogens (tertiary/aromatic N) is 1. The number of hydrogen-bond acceptors (Lipinski definition) is 8. The number of ether oxygens (including phenoxy) is 3. The van der Waals surface area contributed by atoms with Gasteiger partial charge in [-0.05, 0) is 18.8 Å². The number of amides is 3. The fourth-order valence-electron chi connectivity index (χ4n) is 3.50. The van der Waals surface area contributed by atoms with Gasteiger partial charge in [0.25, 0.3) is 11.6 Å². The first-order valence-corrected chi connectivity index (χ1v) is 9.70. The molecule has 2 unspecified atom stereocenters. The summed E-state index contributed by atoms with van der Waals surface area (Å²) in [5.41, 5.74) is -0.911. The molecule has 11 heteroatoms. The number of rotatable bonds is 5. The molecule has 1 aliphatic heterocycles. The number of nitrogens with one attached hydrogen (secondary N) is 2. The lowest BCUT2D eigenvalue weighted by atomic mass is 9.86. The Morgan fingerprint density at radius 1 is 1.17 bits per heavy atom.